The van der Waals surface area contributed by atoms with Gasteiger partial charge in [-0.1, -0.05) is 45.1 Å². The Morgan fingerprint density at radius 1 is 1.00 bits per heavy atom. The van der Waals surface area contributed by atoms with Gasteiger partial charge in [0.1, 0.15) is 0 Å². The number of aryl methyl sites for hydroxylation is 2. The zero-order valence-electron chi connectivity index (χ0n) is 12.5. The van der Waals surface area contributed by atoms with Crippen LogP contribution in [-0.2, 0) is 4.74 Å². The number of benzene rings is 1. The van der Waals surface area contributed by atoms with Crippen molar-refractivity contribution in [1.82, 2.24) is 0 Å². The standard InChI is InChI=1S/C17H26O2/c1-4-5-6-7-8-9-12-19-17(18)16-11-10-14(2)15(3)13-16/h10-11,13H,4-9,12H2,1-3H3. The second kappa shape index (κ2) is 8.73. The molecule has 19 heavy (non-hydrogen) atoms. The van der Waals surface area contributed by atoms with Gasteiger partial charge in [-0.3, -0.25) is 0 Å². The summed E-state index contributed by atoms with van der Waals surface area (Å²) < 4.78 is 5.29. The van der Waals surface area contributed by atoms with Crippen LogP contribution in [0.2, 0.25) is 0 Å². The highest BCUT2D eigenvalue weighted by Crippen LogP contribution is 2.11. The van der Waals surface area contributed by atoms with Crippen LogP contribution in [0.5, 0.6) is 0 Å². The van der Waals surface area contributed by atoms with E-state index in [0.29, 0.717) is 12.2 Å². The Balaban J connectivity index is 2.22. The van der Waals surface area contributed by atoms with Crippen LogP contribution in [0.25, 0.3) is 0 Å². The highest BCUT2D eigenvalue weighted by atomic mass is 16.5. The van der Waals surface area contributed by atoms with Gasteiger partial charge in [0.05, 0.1) is 12.2 Å². The normalized spacial score (nSPS) is 10.5. The van der Waals surface area contributed by atoms with Crippen molar-refractivity contribution in [3.05, 3.63) is 34.9 Å². The predicted octanol–water partition coefficient (Wildman–Crippen LogP) is 4.82. The van der Waals surface area contributed by atoms with Gasteiger partial charge in [0.2, 0.25) is 0 Å². The van der Waals surface area contributed by atoms with Gasteiger partial charge in [-0.15, -0.1) is 0 Å². The van der Waals surface area contributed by atoms with Crippen LogP contribution in [0.3, 0.4) is 0 Å². The molecule has 1 rings (SSSR count). The van der Waals surface area contributed by atoms with Gasteiger partial charge in [0.15, 0.2) is 0 Å². The van der Waals surface area contributed by atoms with Crippen LogP contribution in [0.1, 0.15) is 66.9 Å². The summed E-state index contributed by atoms with van der Waals surface area (Å²) in [5.41, 5.74) is 3.00. The van der Waals surface area contributed by atoms with Crippen LogP contribution in [0.4, 0.5) is 0 Å². The number of carbonyl (C=O) groups is 1. The number of hydrogen-bond acceptors (Lipinski definition) is 2. The first-order valence-corrected chi connectivity index (χ1v) is 7.39. The largest absolute Gasteiger partial charge is 0.462 e. The summed E-state index contributed by atoms with van der Waals surface area (Å²) in [6.45, 7) is 6.81. The van der Waals surface area contributed by atoms with Gasteiger partial charge < -0.3 is 4.74 Å². The summed E-state index contributed by atoms with van der Waals surface area (Å²) in [6.07, 6.45) is 7.24. The van der Waals surface area contributed by atoms with E-state index < -0.39 is 0 Å². The molecule has 2 nitrogen and oxygen atoms in total. The SMILES string of the molecule is CCCCCCCCOC(=O)c1ccc(C)c(C)c1. The molecule has 0 aliphatic heterocycles. The fraction of sp³-hybridized carbons (Fsp3) is 0.588. The minimum atomic E-state index is -0.198. The molecule has 0 bridgehead atoms. The van der Waals surface area contributed by atoms with Crippen LogP contribution < -0.4 is 0 Å². The molecule has 2 heteroatoms. The molecule has 1 aromatic rings. The van der Waals surface area contributed by atoms with Gasteiger partial charge >= 0.3 is 5.97 Å². The topological polar surface area (TPSA) is 26.3 Å². The Morgan fingerprint density at radius 2 is 1.68 bits per heavy atom. The van der Waals surface area contributed by atoms with Crippen LogP contribution in [-0.4, -0.2) is 12.6 Å². The summed E-state index contributed by atoms with van der Waals surface area (Å²) in [5.74, 6) is -0.198. The van der Waals surface area contributed by atoms with E-state index in [9.17, 15) is 4.79 Å². The van der Waals surface area contributed by atoms with Gasteiger partial charge in [-0.25, -0.2) is 4.79 Å². The van der Waals surface area contributed by atoms with Crippen molar-refractivity contribution in [3.63, 3.8) is 0 Å². The highest BCUT2D eigenvalue weighted by Gasteiger charge is 2.07. The van der Waals surface area contributed by atoms with E-state index in [-0.39, 0.29) is 5.97 Å². The summed E-state index contributed by atoms with van der Waals surface area (Å²) in [5, 5.41) is 0. The van der Waals surface area contributed by atoms with E-state index in [1.54, 1.807) is 0 Å². The Bertz CT molecular complexity index is 396. The molecular formula is C17H26O2. The van der Waals surface area contributed by atoms with Crippen molar-refractivity contribution < 1.29 is 9.53 Å². The van der Waals surface area contributed by atoms with Crippen molar-refractivity contribution in [1.29, 1.82) is 0 Å². The summed E-state index contributed by atoms with van der Waals surface area (Å²) >= 11 is 0. The summed E-state index contributed by atoms with van der Waals surface area (Å²) in [7, 11) is 0. The van der Waals surface area contributed by atoms with E-state index in [0.717, 1.165) is 18.4 Å². The van der Waals surface area contributed by atoms with Gasteiger partial charge in [-0.2, -0.15) is 0 Å². The van der Waals surface area contributed by atoms with Crippen molar-refractivity contribution in [3.8, 4) is 0 Å². The second-order valence-electron chi connectivity index (χ2n) is 5.20. The molecule has 0 spiro atoms. The van der Waals surface area contributed by atoms with Gasteiger partial charge in [0, 0.05) is 0 Å². The van der Waals surface area contributed by atoms with Crippen LogP contribution in [0.15, 0.2) is 18.2 Å². The molecule has 106 valence electrons. The number of ether oxygens (including phenoxy) is 1. The molecule has 0 unspecified atom stereocenters. The molecule has 0 aliphatic carbocycles. The zero-order valence-corrected chi connectivity index (χ0v) is 12.5. The molecule has 0 heterocycles. The maximum Gasteiger partial charge on any atom is 0.338 e. The monoisotopic (exact) mass is 262 g/mol. The third kappa shape index (κ3) is 5.91. The quantitative estimate of drug-likeness (QED) is 0.496. The van der Waals surface area contributed by atoms with E-state index in [4.69, 9.17) is 4.74 Å². The molecule has 0 amide bonds. The lowest BCUT2D eigenvalue weighted by molar-refractivity contribution is 0.0497. The minimum absolute atomic E-state index is 0.198. The minimum Gasteiger partial charge on any atom is -0.462 e. The molecular weight excluding hydrogens is 236 g/mol. The van der Waals surface area contributed by atoms with E-state index >= 15 is 0 Å². The first-order valence-electron chi connectivity index (χ1n) is 7.39. The van der Waals surface area contributed by atoms with E-state index in [2.05, 4.69) is 6.92 Å². The molecule has 1 aromatic carbocycles. The maximum absolute atomic E-state index is 11.8. The lowest BCUT2D eigenvalue weighted by Crippen LogP contribution is -2.07. The molecule has 0 atom stereocenters. The summed E-state index contributed by atoms with van der Waals surface area (Å²) in [4.78, 5) is 11.8. The smallest absolute Gasteiger partial charge is 0.338 e. The second-order valence-corrected chi connectivity index (χ2v) is 5.20. The molecule has 0 saturated heterocycles. The van der Waals surface area contributed by atoms with E-state index in [1.165, 1.54) is 31.2 Å². The zero-order chi connectivity index (χ0) is 14.1. The third-order valence-electron chi connectivity index (χ3n) is 3.47. The Hall–Kier alpha value is -1.31. The Morgan fingerprint density at radius 3 is 2.37 bits per heavy atom. The summed E-state index contributed by atoms with van der Waals surface area (Å²) in [6, 6.07) is 5.71. The molecule has 0 fully saturated rings. The van der Waals surface area contributed by atoms with Crippen LogP contribution >= 0.6 is 0 Å². The number of esters is 1. The van der Waals surface area contributed by atoms with Crippen molar-refractivity contribution in [2.75, 3.05) is 6.61 Å². The molecule has 0 N–H and O–H groups in total. The fourth-order valence-corrected chi connectivity index (χ4v) is 2.00. The molecule has 0 radical (unpaired) electrons. The third-order valence-corrected chi connectivity index (χ3v) is 3.47. The van der Waals surface area contributed by atoms with E-state index in [1.807, 2.05) is 32.0 Å². The Kier molecular flexibility index (Phi) is 7.24. The van der Waals surface area contributed by atoms with Crippen molar-refractivity contribution >= 4 is 5.97 Å². The Labute approximate surface area is 117 Å². The highest BCUT2D eigenvalue weighted by molar-refractivity contribution is 5.89. The van der Waals surface area contributed by atoms with Gasteiger partial charge in [0.25, 0.3) is 0 Å². The predicted molar refractivity (Wildman–Crippen MR) is 79.6 cm³/mol. The lowest BCUT2D eigenvalue weighted by Gasteiger charge is -2.06. The number of rotatable bonds is 8. The number of unbranched alkanes of at least 4 members (excludes halogenated alkanes) is 5. The molecule has 0 aliphatic rings. The number of carbonyl (C=O) groups excluding carboxylic acids is 1. The number of hydrogen-bond donors (Lipinski definition) is 0. The first-order chi connectivity index (χ1) is 9.15. The maximum atomic E-state index is 11.8. The molecule has 0 saturated carbocycles. The molecule has 0 aromatic heterocycles. The average molecular weight is 262 g/mol. The van der Waals surface area contributed by atoms with Gasteiger partial charge in [-0.05, 0) is 43.5 Å². The average Bonchev–Trinajstić information content (AvgIpc) is 2.40. The van der Waals surface area contributed by atoms with Crippen LogP contribution in [0, 0.1) is 13.8 Å². The lowest BCUT2D eigenvalue weighted by atomic mass is 10.1. The van der Waals surface area contributed by atoms with Crippen molar-refractivity contribution in [2.45, 2.75) is 59.3 Å². The van der Waals surface area contributed by atoms with Crippen molar-refractivity contribution in [2.24, 2.45) is 0 Å². The fourth-order valence-electron chi connectivity index (χ4n) is 2.00. The first kappa shape index (κ1) is 15.7.